The van der Waals surface area contributed by atoms with Crippen LogP contribution in [0.3, 0.4) is 0 Å². The van der Waals surface area contributed by atoms with E-state index in [9.17, 15) is 9.90 Å². The molecule has 2 rings (SSSR count). The minimum Gasteiger partial charge on any atom is -0.508 e. The van der Waals surface area contributed by atoms with Gasteiger partial charge in [-0.25, -0.2) is 0 Å². The lowest BCUT2D eigenvalue weighted by Gasteiger charge is -2.05. The van der Waals surface area contributed by atoms with E-state index < -0.39 is 5.97 Å². The van der Waals surface area contributed by atoms with Crippen molar-refractivity contribution in [2.45, 2.75) is 25.7 Å². The molecular weight excluding hydrogens is 180 g/mol. The molecule has 2 N–H and O–H groups in total. The third-order valence-electron chi connectivity index (χ3n) is 2.63. The van der Waals surface area contributed by atoms with E-state index in [1.165, 1.54) is 5.56 Å². The molecule has 0 bridgehead atoms. The van der Waals surface area contributed by atoms with Gasteiger partial charge in [-0.05, 0) is 36.5 Å². The van der Waals surface area contributed by atoms with E-state index in [0.29, 0.717) is 5.56 Å². The molecule has 0 atom stereocenters. The molecule has 0 amide bonds. The summed E-state index contributed by atoms with van der Waals surface area (Å²) in [7, 11) is 0. The Morgan fingerprint density at radius 2 is 1.93 bits per heavy atom. The van der Waals surface area contributed by atoms with Gasteiger partial charge in [-0.3, -0.25) is 4.79 Å². The highest BCUT2D eigenvalue weighted by atomic mass is 16.4. The van der Waals surface area contributed by atoms with Crippen molar-refractivity contribution in [3.8, 4) is 5.75 Å². The number of carbonyl (C=O) groups is 1. The number of aliphatic carboxylic acids is 1. The Kier molecular flexibility index (Phi) is 2.15. The van der Waals surface area contributed by atoms with Gasteiger partial charge in [0.05, 0.1) is 6.42 Å². The maximum atomic E-state index is 10.5. The highest BCUT2D eigenvalue weighted by molar-refractivity contribution is 5.71. The van der Waals surface area contributed by atoms with Crippen LogP contribution in [0.15, 0.2) is 12.1 Å². The molecule has 0 saturated heterocycles. The molecule has 0 saturated carbocycles. The summed E-state index contributed by atoms with van der Waals surface area (Å²) in [5, 5.41) is 18.2. The summed E-state index contributed by atoms with van der Waals surface area (Å²) < 4.78 is 0. The summed E-state index contributed by atoms with van der Waals surface area (Å²) in [6.45, 7) is 0. The van der Waals surface area contributed by atoms with E-state index in [1.54, 1.807) is 6.07 Å². The smallest absolute Gasteiger partial charge is 0.307 e. The first-order valence-corrected chi connectivity index (χ1v) is 4.72. The van der Waals surface area contributed by atoms with Crippen molar-refractivity contribution in [2.24, 2.45) is 0 Å². The average Bonchev–Trinajstić information content (AvgIpc) is 2.51. The molecule has 0 aliphatic heterocycles. The highest BCUT2D eigenvalue weighted by Crippen LogP contribution is 2.29. The predicted octanol–water partition coefficient (Wildman–Crippen LogP) is 1.51. The Morgan fingerprint density at radius 3 is 2.57 bits per heavy atom. The fourth-order valence-corrected chi connectivity index (χ4v) is 1.97. The van der Waals surface area contributed by atoms with Crippen molar-refractivity contribution in [3.05, 3.63) is 28.8 Å². The standard InChI is InChI=1S/C11H12O3/c12-10-5-8-3-1-2-7(8)4-9(10)6-11(13)14/h4-5,12H,1-3,6H2,(H,13,14). The van der Waals surface area contributed by atoms with Crippen LogP contribution in [-0.4, -0.2) is 16.2 Å². The van der Waals surface area contributed by atoms with E-state index in [4.69, 9.17) is 5.11 Å². The lowest BCUT2D eigenvalue weighted by Crippen LogP contribution is -2.01. The number of fused-ring (bicyclic) bond motifs is 1. The van der Waals surface area contributed by atoms with Gasteiger partial charge < -0.3 is 10.2 Å². The molecule has 3 heteroatoms. The van der Waals surface area contributed by atoms with E-state index in [2.05, 4.69) is 0 Å². The second kappa shape index (κ2) is 3.33. The number of hydrogen-bond donors (Lipinski definition) is 2. The topological polar surface area (TPSA) is 57.5 Å². The molecule has 0 spiro atoms. The van der Waals surface area contributed by atoms with Gasteiger partial charge in [0.2, 0.25) is 0 Å². The van der Waals surface area contributed by atoms with Crippen molar-refractivity contribution in [1.82, 2.24) is 0 Å². The average molecular weight is 192 g/mol. The number of carboxylic acids is 1. The summed E-state index contributed by atoms with van der Waals surface area (Å²) in [6.07, 6.45) is 3.00. The number of aromatic hydroxyl groups is 1. The molecule has 0 radical (unpaired) electrons. The van der Waals surface area contributed by atoms with Crippen molar-refractivity contribution in [2.75, 3.05) is 0 Å². The number of rotatable bonds is 2. The first-order valence-electron chi connectivity index (χ1n) is 4.72. The Morgan fingerprint density at radius 1 is 1.29 bits per heavy atom. The molecular formula is C11H12O3. The monoisotopic (exact) mass is 192 g/mol. The molecule has 0 unspecified atom stereocenters. The van der Waals surface area contributed by atoms with Crippen molar-refractivity contribution >= 4 is 5.97 Å². The van der Waals surface area contributed by atoms with E-state index in [0.717, 1.165) is 24.8 Å². The quantitative estimate of drug-likeness (QED) is 0.746. The minimum atomic E-state index is -0.904. The SMILES string of the molecule is O=C(O)Cc1cc2c(cc1O)CCC2. The summed E-state index contributed by atoms with van der Waals surface area (Å²) in [6, 6.07) is 3.53. The van der Waals surface area contributed by atoms with Crippen LogP contribution in [0, 0.1) is 0 Å². The molecule has 74 valence electrons. The third kappa shape index (κ3) is 1.58. The van der Waals surface area contributed by atoms with Gasteiger partial charge in [-0.1, -0.05) is 6.07 Å². The van der Waals surface area contributed by atoms with Crippen LogP contribution in [0.5, 0.6) is 5.75 Å². The van der Waals surface area contributed by atoms with Gasteiger partial charge in [0.1, 0.15) is 5.75 Å². The zero-order valence-corrected chi connectivity index (χ0v) is 7.79. The van der Waals surface area contributed by atoms with E-state index in [-0.39, 0.29) is 12.2 Å². The normalized spacial score (nSPS) is 14.0. The van der Waals surface area contributed by atoms with Gasteiger partial charge in [0.25, 0.3) is 0 Å². The van der Waals surface area contributed by atoms with Crippen LogP contribution in [0.1, 0.15) is 23.1 Å². The van der Waals surface area contributed by atoms with Crippen molar-refractivity contribution in [1.29, 1.82) is 0 Å². The molecule has 0 aromatic heterocycles. The van der Waals surface area contributed by atoms with Gasteiger partial charge in [0.15, 0.2) is 0 Å². The number of carboxylic acid groups (broad SMARTS) is 1. The Hall–Kier alpha value is -1.51. The molecule has 14 heavy (non-hydrogen) atoms. The second-order valence-electron chi connectivity index (χ2n) is 3.67. The maximum absolute atomic E-state index is 10.5. The van der Waals surface area contributed by atoms with Crippen LogP contribution in [0.2, 0.25) is 0 Å². The van der Waals surface area contributed by atoms with Gasteiger partial charge in [-0.15, -0.1) is 0 Å². The van der Waals surface area contributed by atoms with Gasteiger partial charge in [0, 0.05) is 5.56 Å². The summed E-state index contributed by atoms with van der Waals surface area (Å²) in [5.74, 6) is -0.786. The van der Waals surface area contributed by atoms with Crippen LogP contribution in [-0.2, 0) is 24.1 Å². The highest BCUT2D eigenvalue weighted by Gasteiger charge is 2.15. The first-order chi connectivity index (χ1) is 6.66. The second-order valence-corrected chi connectivity index (χ2v) is 3.67. The molecule has 1 aromatic rings. The predicted molar refractivity (Wildman–Crippen MR) is 51.5 cm³/mol. The maximum Gasteiger partial charge on any atom is 0.307 e. The number of phenolic OH excluding ortho intramolecular Hbond substituents is 1. The third-order valence-corrected chi connectivity index (χ3v) is 2.63. The number of benzene rings is 1. The van der Waals surface area contributed by atoms with E-state index in [1.807, 2.05) is 6.07 Å². The lowest BCUT2D eigenvalue weighted by molar-refractivity contribution is -0.136. The molecule has 3 nitrogen and oxygen atoms in total. The van der Waals surface area contributed by atoms with Crippen LogP contribution in [0.4, 0.5) is 0 Å². The summed E-state index contributed by atoms with van der Waals surface area (Å²) in [4.78, 5) is 10.5. The lowest BCUT2D eigenvalue weighted by atomic mass is 10.0. The van der Waals surface area contributed by atoms with Crippen LogP contribution < -0.4 is 0 Å². The van der Waals surface area contributed by atoms with E-state index >= 15 is 0 Å². The molecule has 0 fully saturated rings. The zero-order chi connectivity index (χ0) is 10.1. The molecule has 1 aromatic carbocycles. The van der Waals surface area contributed by atoms with Crippen LogP contribution in [0.25, 0.3) is 0 Å². The minimum absolute atomic E-state index is 0.0981. The fraction of sp³-hybridized carbons (Fsp3) is 0.364. The molecule has 1 aliphatic carbocycles. The Balaban J connectivity index is 2.37. The van der Waals surface area contributed by atoms with Crippen molar-refractivity contribution < 1.29 is 15.0 Å². The van der Waals surface area contributed by atoms with Crippen molar-refractivity contribution in [3.63, 3.8) is 0 Å². The van der Waals surface area contributed by atoms with Crippen LogP contribution >= 0.6 is 0 Å². The molecule has 1 aliphatic rings. The number of aryl methyl sites for hydroxylation is 2. The van der Waals surface area contributed by atoms with Gasteiger partial charge >= 0.3 is 5.97 Å². The number of phenols is 1. The Labute approximate surface area is 82.0 Å². The van der Waals surface area contributed by atoms with Gasteiger partial charge in [-0.2, -0.15) is 0 Å². The first kappa shape index (κ1) is 9.06. The zero-order valence-electron chi connectivity index (χ0n) is 7.79. The number of hydrogen-bond acceptors (Lipinski definition) is 2. The Bertz CT molecular complexity index is 382. The largest absolute Gasteiger partial charge is 0.508 e. The molecule has 0 heterocycles. The fourth-order valence-electron chi connectivity index (χ4n) is 1.97. The summed E-state index contributed by atoms with van der Waals surface area (Å²) >= 11 is 0. The summed E-state index contributed by atoms with van der Waals surface area (Å²) in [5.41, 5.74) is 2.88.